The number of amides is 1. The summed E-state index contributed by atoms with van der Waals surface area (Å²) in [6.45, 7) is 3.71. The lowest BCUT2D eigenvalue weighted by atomic mass is 10.2. The van der Waals surface area contributed by atoms with Gasteiger partial charge in [0.25, 0.3) is 5.91 Å². The monoisotopic (exact) mass is 426 g/mol. The molecule has 0 atom stereocenters. The minimum atomic E-state index is -0.534. The van der Waals surface area contributed by atoms with Gasteiger partial charge in [-0.3, -0.25) is 4.79 Å². The van der Waals surface area contributed by atoms with E-state index in [1.54, 1.807) is 24.3 Å². The SMILES string of the molecule is Cc1ccc(C)n1-c1ccc(C(=O)OCC(=O)Nc2ccc(Br)cc2)cc1. The van der Waals surface area contributed by atoms with E-state index in [2.05, 4.69) is 25.8 Å². The summed E-state index contributed by atoms with van der Waals surface area (Å²) in [5.41, 5.74) is 4.25. The molecular weight excluding hydrogens is 408 g/mol. The maximum absolute atomic E-state index is 12.2. The maximum Gasteiger partial charge on any atom is 0.338 e. The average Bonchev–Trinajstić information content (AvgIpc) is 3.00. The van der Waals surface area contributed by atoms with Gasteiger partial charge in [-0.15, -0.1) is 0 Å². The molecule has 0 unspecified atom stereocenters. The van der Waals surface area contributed by atoms with Gasteiger partial charge in [0.15, 0.2) is 6.61 Å². The highest BCUT2D eigenvalue weighted by Gasteiger charge is 2.11. The predicted molar refractivity (Wildman–Crippen MR) is 108 cm³/mol. The number of ether oxygens (including phenoxy) is 1. The number of aromatic nitrogens is 1. The number of hydrogen-bond donors (Lipinski definition) is 1. The number of carbonyl (C=O) groups excluding carboxylic acids is 2. The fraction of sp³-hybridized carbons (Fsp3) is 0.143. The molecule has 0 fully saturated rings. The van der Waals surface area contributed by atoms with Crippen LogP contribution < -0.4 is 5.32 Å². The Morgan fingerprint density at radius 1 is 0.926 bits per heavy atom. The van der Waals surface area contributed by atoms with Crippen LogP contribution in [-0.2, 0) is 9.53 Å². The molecule has 3 aromatic rings. The summed E-state index contributed by atoms with van der Waals surface area (Å²) < 4.78 is 8.11. The number of carbonyl (C=O) groups is 2. The van der Waals surface area contributed by atoms with E-state index in [0.29, 0.717) is 11.3 Å². The topological polar surface area (TPSA) is 60.3 Å². The first-order valence-corrected chi connectivity index (χ1v) is 9.21. The van der Waals surface area contributed by atoms with Crippen LogP contribution in [0.15, 0.2) is 65.1 Å². The third-order valence-corrected chi connectivity index (χ3v) is 4.62. The summed E-state index contributed by atoms with van der Waals surface area (Å²) >= 11 is 3.33. The molecule has 6 heteroatoms. The number of hydrogen-bond acceptors (Lipinski definition) is 3. The quantitative estimate of drug-likeness (QED) is 0.603. The van der Waals surface area contributed by atoms with E-state index >= 15 is 0 Å². The van der Waals surface area contributed by atoms with Crippen LogP contribution in [0.2, 0.25) is 0 Å². The number of aryl methyl sites for hydroxylation is 2. The van der Waals surface area contributed by atoms with Gasteiger partial charge in [-0.05, 0) is 74.5 Å². The van der Waals surface area contributed by atoms with Gasteiger partial charge in [0.1, 0.15) is 0 Å². The lowest BCUT2D eigenvalue weighted by Gasteiger charge is -2.10. The molecule has 138 valence electrons. The van der Waals surface area contributed by atoms with Gasteiger partial charge in [-0.2, -0.15) is 0 Å². The van der Waals surface area contributed by atoms with Crippen LogP contribution in [0.4, 0.5) is 5.69 Å². The Morgan fingerprint density at radius 3 is 2.11 bits per heavy atom. The van der Waals surface area contributed by atoms with Gasteiger partial charge in [-0.1, -0.05) is 15.9 Å². The van der Waals surface area contributed by atoms with Crippen LogP contribution >= 0.6 is 15.9 Å². The lowest BCUT2D eigenvalue weighted by molar-refractivity contribution is -0.119. The molecule has 1 amide bonds. The molecule has 0 radical (unpaired) electrons. The summed E-state index contributed by atoms with van der Waals surface area (Å²) in [5, 5.41) is 2.68. The number of anilines is 1. The molecule has 0 aliphatic heterocycles. The number of esters is 1. The van der Waals surface area contributed by atoms with E-state index in [9.17, 15) is 9.59 Å². The smallest absolute Gasteiger partial charge is 0.338 e. The van der Waals surface area contributed by atoms with Crippen LogP contribution in [0.25, 0.3) is 5.69 Å². The van der Waals surface area contributed by atoms with Gasteiger partial charge in [0.05, 0.1) is 5.56 Å². The molecule has 0 aliphatic carbocycles. The standard InChI is InChI=1S/C21H19BrN2O3/c1-14-3-4-15(2)24(14)19-11-5-16(6-12-19)21(26)27-13-20(25)23-18-9-7-17(22)8-10-18/h3-12H,13H2,1-2H3,(H,23,25). The van der Waals surface area contributed by atoms with Crippen LogP contribution in [0.3, 0.4) is 0 Å². The molecule has 5 nitrogen and oxygen atoms in total. The van der Waals surface area contributed by atoms with Gasteiger partial charge >= 0.3 is 5.97 Å². The Balaban J connectivity index is 1.58. The van der Waals surface area contributed by atoms with Crippen molar-refractivity contribution in [2.45, 2.75) is 13.8 Å². The van der Waals surface area contributed by atoms with E-state index in [1.165, 1.54) is 0 Å². The van der Waals surface area contributed by atoms with Crippen molar-refractivity contribution in [3.63, 3.8) is 0 Å². The third-order valence-electron chi connectivity index (χ3n) is 4.09. The van der Waals surface area contributed by atoms with Crippen LogP contribution in [0.1, 0.15) is 21.7 Å². The fourth-order valence-electron chi connectivity index (χ4n) is 2.77. The number of nitrogens with zero attached hydrogens (tertiary/aromatic N) is 1. The largest absolute Gasteiger partial charge is 0.452 e. The second-order valence-corrected chi connectivity index (χ2v) is 7.05. The van der Waals surface area contributed by atoms with Crippen molar-refractivity contribution in [3.05, 3.63) is 82.1 Å². The first kappa shape index (κ1) is 18.9. The second-order valence-electron chi connectivity index (χ2n) is 6.13. The minimum absolute atomic E-state index is 0.341. The Morgan fingerprint density at radius 2 is 1.52 bits per heavy atom. The first-order valence-electron chi connectivity index (χ1n) is 8.42. The highest BCUT2D eigenvalue weighted by Crippen LogP contribution is 2.17. The maximum atomic E-state index is 12.2. The van der Waals surface area contributed by atoms with E-state index in [0.717, 1.165) is 21.5 Å². The van der Waals surface area contributed by atoms with Crippen molar-refractivity contribution in [3.8, 4) is 5.69 Å². The number of rotatable bonds is 5. The van der Waals surface area contributed by atoms with Crippen molar-refractivity contribution in [2.24, 2.45) is 0 Å². The van der Waals surface area contributed by atoms with Crippen LogP contribution in [0.5, 0.6) is 0 Å². The predicted octanol–water partition coefficient (Wildman–Crippen LogP) is 4.65. The summed E-state index contributed by atoms with van der Waals surface area (Å²) in [6, 6.07) is 18.3. The molecule has 2 aromatic carbocycles. The second kappa shape index (κ2) is 8.22. The molecule has 0 aliphatic rings. The van der Waals surface area contributed by atoms with Crippen molar-refractivity contribution >= 4 is 33.5 Å². The Hall–Kier alpha value is -2.86. The van der Waals surface area contributed by atoms with Crippen molar-refractivity contribution < 1.29 is 14.3 Å². The molecule has 3 rings (SSSR count). The van der Waals surface area contributed by atoms with E-state index in [-0.39, 0.29) is 12.5 Å². The molecule has 0 saturated carbocycles. The molecule has 1 N–H and O–H groups in total. The molecular formula is C21H19BrN2O3. The molecule has 0 spiro atoms. The highest BCUT2D eigenvalue weighted by atomic mass is 79.9. The van der Waals surface area contributed by atoms with E-state index < -0.39 is 5.97 Å². The molecule has 1 heterocycles. The van der Waals surface area contributed by atoms with Gasteiger partial charge in [-0.25, -0.2) is 4.79 Å². The Labute approximate surface area is 166 Å². The summed E-state index contributed by atoms with van der Waals surface area (Å²) in [4.78, 5) is 24.1. The molecule has 0 saturated heterocycles. The minimum Gasteiger partial charge on any atom is -0.452 e. The number of nitrogens with one attached hydrogen (secondary N) is 1. The molecule has 0 bridgehead atoms. The lowest BCUT2D eigenvalue weighted by Crippen LogP contribution is -2.20. The van der Waals surface area contributed by atoms with Gasteiger partial charge < -0.3 is 14.6 Å². The third kappa shape index (κ3) is 4.65. The zero-order valence-electron chi connectivity index (χ0n) is 15.0. The normalized spacial score (nSPS) is 10.5. The Bertz CT molecular complexity index is 941. The highest BCUT2D eigenvalue weighted by molar-refractivity contribution is 9.10. The van der Waals surface area contributed by atoms with Crippen molar-refractivity contribution in [1.82, 2.24) is 4.57 Å². The van der Waals surface area contributed by atoms with Gasteiger partial charge in [0.2, 0.25) is 0 Å². The number of benzene rings is 2. The van der Waals surface area contributed by atoms with Crippen molar-refractivity contribution in [2.75, 3.05) is 11.9 Å². The van der Waals surface area contributed by atoms with Crippen molar-refractivity contribution in [1.29, 1.82) is 0 Å². The summed E-state index contributed by atoms with van der Waals surface area (Å²) in [6.07, 6.45) is 0. The van der Waals surface area contributed by atoms with Crippen LogP contribution in [0, 0.1) is 13.8 Å². The Kier molecular flexibility index (Phi) is 5.76. The zero-order chi connectivity index (χ0) is 19.4. The zero-order valence-corrected chi connectivity index (χ0v) is 16.6. The number of halogens is 1. The van der Waals surface area contributed by atoms with E-state index in [1.807, 2.05) is 50.2 Å². The van der Waals surface area contributed by atoms with E-state index in [4.69, 9.17) is 4.74 Å². The summed E-state index contributed by atoms with van der Waals surface area (Å²) in [5.74, 6) is -0.922. The fourth-order valence-corrected chi connectivity index (χ4v) is 3.03. The first-order chi connectivity index (χ1) is 12.9. The molecule has 27 heavy (non-hydrogen) atoms. The average molecular weight is 427 g/mol. The van der Waals surface area contributed by atoms with Crippen LogP contribution in [-0.4, -0.2) is 23.1 Å². The summed E-state index contributed by atoms with van der Waals surface area (Å²) in [7, 11) is 0. The molecule has 1 aromatic heterocycles. The van der Waals surface area contributed by atoms with Gasteiger partial charge in [0, 0.05) is 27.2 Å².